The number of carbonyl (C=O) groups is 1. The zero-order chi connectivity index (χ0) is 20.1. The Bertz CT molecular complexity index is 1050. The number of nitrogens with zero attached hydrogens (tertiary/aromatic N) is 5. The maximum Gasteiger partial charge on any atom is 0.254 e. The Labute approximate surface area is 169 Å². The molecule has 1 fully saturated rings. The summed E-state index contributed by atoms with van der Waals surface area (Å²) in [7, 11) is 0. The minimum Gasteiger partial charge on any atom is -0.392 e. The van der Waals surface area contributed by atoms with Gasteiger partial charge in [-0.05, 0) is 43.9 Å². The number of likely N-dealkylation sites (tertiary alicyclic amines) is 1. The summed E-state index contributed by atoms with van der Waals surface area (Å²) in [5, 5.41) is 20.1. The van der Waals surface area contributed by atoms with Gasteiger partial charge in [0.25, 0.3) is 5.91 Å². The first-order valence-electron chi connectivity index (χ1n) is 10.2. The van der Waals surface area contributed by atoms with Crippen LogP contribution < -0.4 is 0 Å². The van der Waals surface area contributed by atoms with E-state index in [1.165, 1.54) is 0 Å². The molecular formula is C21H26N6O2. The first kappa shape index (κ1) is 18.3. The second kappa shape index (κ2) is 6.96. The highest BCUT2D eigenvalue weighted by atomic mass is 16.3. The standard InChI is InChI=1S/C21H26N6O2/c1-13(2)27-11-16(28)10-18(27)20-24-23-19-12-25(7-8-26(19)20)21(29)15-4-3-14-5-6-22-17(14)9-15/h3-6,9,13,16,18,22,28H,7-8,10-12H2,1-2H3/t16-,18+/m1/s1. The fourth-order valence-electron chi connectivity index (χ4n) is 4.63. The summed E-state index contributed by atoms with van der Waals surface area (Å²) in [5.74, 6) is 1.73. The van der Waals surface area contributed by atoms with Crippen LogP contribution in [0.3, 0.4) is 0 Å². The molecule has 0 unspecified atom stereocenters. The molecular weight excluding hydrogens is 368 g/mol. The number of aromatic amines is 1. The lowest BCUT2D eigenvalue weighted by Gasteiger charge is -2.31. The number of benzene rings is 1. The number of amides is 1. The van der Waals surface area contributed by atoms with E-state index >= 15 is 0 Å². The van der Waals surface area contributed by atoms with Crippen molar-refractivity contribution in [2.45, 2.75) is 51.5 Å². The van der Waals surface area contributed by atoms with Crippen LogP contribution >= 0.6 is 0 Å². The number of carbonyl (C=O) groups excluding carboxylic acids is 1. The Hall–Kier alpha value is -2.71. The molecule has 2 aromatic heterocycles. The van der Waals surface area contributed by atoms with E-state index in [2.05, 4.69) is 38.5 Å². The smallest absolute Gasteiger partial charge is 0.254 e. The van der Waals surface area contributed by atoms with E-state index in [-0.39, 0.29) is 18.1 Å². The lowest BCUT2D eigenvalue weighted by molar-refractivity contribution is 0.0704. The van der Waals surface area contributed by atoms with Crippen molar-refractivity contribution in [3.8, 4) is 0 Å². The molecule has 1 saturated heterocycles. The Balaban J connectivity index is 1.37. The molecule has 2 atom stereocenters. The van der Waals surface area contributed by atoms with Crippen LogP contribution in [0.25, 0.3) is 10.9 Å². The Morgan fingerprint density at radius 2 is 2.10 bits per heavy atom. The quantitative estimate of drug-likeness (QED) is 0.708. The number of H-pyrrole nitrogens is 1. The van der Waals surface area contributed by atoms with E-state index in [1.807, 2.05) is 35.4 Å². The second-order valence-electron chi connectivity index (χ2n) is 8.33. The summed E-state index contributed by atoms with van der Waals surface area (Å²) in [5.41, 5.74) is 1.64. The summed E-state index contributed by atoms with van der Waals surface area (Å²) in [4.78, 5) is 20.3. The third-order valence-electron chi connectivity index (χ3n) is 6.15. The van der Waals surface area contributed by atoms with Crippen LogP contribution in [-0.4, -0.2) is 65.8 Å². The first-order valence-corrected chi connectivity index (χ1v) is 10.2. The number of nitrogens with one attached hydrogen (secondary N) is 1. The van der Waals surface area contributed by atoms with Crippen molar-refractivity contribution in [2.75, 3.05) is 13.1 Å². The van der Waals surface area contributed by atoms with Crippen LogP contribution in [-0.2, 0) is 13.1 Å². The predicted molar refractivity (Wildman–Crippen MR) is 108 cm³/mol. The van der Waals surface area contributed by atoms with Crippen molar-refractivity contribution in [1.29, 1.82) is 0 Å². The number of β-amino-alcohol motifs (C(OH)–C–C–N with tert-alkyl or cyclic N) is 1. The molecule has 2 N–H and O–H groups in total. The minimum atomic E-state index is -0.333. The van der Waals surface area contributed by atoms with Gasteiger partial charge in [0.1, 0.15) is 0 Å². The average molecular weight is 394 g/mol. The van der Waals surface area contributed by atoms with Crippen LogP contribution in [0.15, 0.2) is 30.5 Å². The van der Waals surface area contributed by atoms with Crippen molar-refractivity contribution in [3.05, 3.63) is 47.7 Å². The highest BCUT2D eigenvalue weighted by Gasteiger charge is 2.38. The van der Waals surface area contributed by atoms with Crippen LogP contribution in [0.2, 0.25) is 0 Å². The summed E-state index contributed by atoms with van der Waals surface area (Å²) >= 11 is 0. The van der Waals surface area contributed by atoms with Crippen molar-refractivity contribution in [1.82, 2.24) is 29.5 Å². The zero-order valence-electron chi connectivity index (χ0n) is 16.7. The molecule has 8 heteroatoms. The van der Waals surface area contributed by atoms with Crippen molar-refractivity contribution < 1.29 is 9.90 Å². The Morgan fingerprint density at radius 3 is 2.93 bits per heavy atom. The molecule has 0 saturated carbocycles. The molecule has 1 amide bonds. The average Bonchev–Trinajstić information content (AvgIpc) is 3.43. The van der Waals surface area contributed by atoms with Gasteiger partial charge in [-0.2, -0.15) is 0 Å². The van der Waals surface area contributed by atoms with Crippen LogP contribution in [0.4, 0.5) is 0 Å². The third kappa shape index (κ3) is 3.12. The predicted octanol–water partition coefficient (Wildman–Crippen LogP) is 1.93. The molecule has 3 aromatic rings. The van der Waals surface area contributed by atoms with Crippen LogP contribution in [0.5, 0.6) is 0 Å². The van der Waals surface area contributed by atoms with E-state index in [1.54, 1.807) is 0 Å². The number of aliphatic hydroxyl groups excluding tert-OH is 1. The van der Waals surface area contributed by atoms with Crippen molar-refractivity contribution in [2.24, 2.45) is 0 Å². The van der Waals surface area contributed by atoms with Crippen molar-refractivity contribution >= 4 is 16.8 Å². The summed E-state index contributed by atoms with van der Waals surface area (Å²) in [6, 6.07) is 8.15. The monoisotopic (exact) mass is 394 g/mol. The topological polar surface area (TPSA) is 90.3 Å². The van der Waals surface area contributed by atoms with Crippen molar-refractivity contribution in [3.63, 3.8) is 0 Å². The molecule has 0 bridgehead atoms. The number of hydrogen-bond acceptors (Lipinski definition) is 5. The molecule has 152 valence electrons. The van der Waals surface area contributed by atoms with Gasteiger partial charge in [0.05, 0.1) is 18.7 Å². The van der Waals surface area contributed by atoms with Gasteiger partial charge in [-0.3, -0.25) is 9.69 Å². The number of aliphatic hydroxyl groups is 1. The molecule has 8 nitrogen and oxygen atoms in total. The maximum atomic E-state index is 13.0. The van der Waals surface area contributed by atoms with E-state index in [0.717, 1.165) is 22.6 Å². The van der Waals surface area contributed by atoms with Gasteiger partial charge in [-0.1, -0.05) is 6.07 Å². The fourth-order valence-corrected chi connectivity index (χ4v) is 4.63. The number of hydrogen-bond donors (Lipinski definition) is 2. The van der Waals surface area contributed by atoms with Gasteiger partial charge in [-0.25, -0.2) is 0 Å². The summed E-state index contributed by atoms with van der Waals surface area (Å²) < 4.78 is 2.13. The SMILES string of the molecule is CC(C)N1C[C@H](O)C[C@H]1c1nnc2n1CCN(C(=O)c1ccc3cc[nH]c3c1)C2. The van der Waals surface area contributed by atoms with Crippen LogP contribution in [0, 0.1) is 0 Å². The maximum absolute atomic E-state index is 13.0. The normalized spacial score (nSPS) is 22.6. The lowest BCUT2D eigenvalue weighted by atomic mass is 10.1. The molecule has 5 rings (SSSR count). The van der Waals surface area contributed by atoms with E-state index < -0.39 is 0 Å². The van der Waals surface area contributed by atoms with Gasteiger partial charge >= 0.3 is 0 Å². The number of rotatable bonds is 3. The Morgan fingerprint density at radius 1 is 1.24 bits per heavy atom. The minimum absolute atomic E-state index is 0.0115. The molecule has 0 radical (unpaired) electrons. The molecule has 2 aliphatic heterocycles. The van der Waals surface area contributed by atoms with E-state index in [0.29, 0.717) is 44.2 Å². The molecule has 2 aliphatic rings. The molecule has 0 spiro atoms. The van der Waals surface area contributed by atoms with Gasteiger partial charge in [0, 0.05) is 43.0 Å². The number of aromatic nitrogens is 4. The largest absolute Gasteiger partial charge is 0.392 e. The van der Waals surface area contributed by atoms with Gasteiger partial charge in [0.2, 0.25) is 0 Å². The number of fused-ring (bicyclic) bond motifs is 2. The van der Waals surface area contributed by atoms with E-state index in [4.69, 9.17) is 0 Å². The molecule has 0 aliphatic carbocycles. The summed E-state index contributed by atoms with van der Waals surface area (Å²) in [6.45, 7) is 6.69. The third-order valence-corrected chi connectivity index (χ3v) is 6.15. The van der Waals surface area contributed by atoms with Gasteiger partial charge in [0.15, 0.2) is 11.6 Å². The Kier molecular flexibility index (Phi) is 4.40. The molecule has 1 aromatic carbocycles. The van der Waals surface area contributed by atoms with Gasteiger partial charge < -0.3 is 19.6 Å². The second-order valence-corrected chi connectivity index (χ2v) is 8.33. The van der Waals surface area contributed by atoms with Crippen LogP contribution in [0.1, 0.15) is 48.3 Å². The zero-order valence-corrected chi connectivity index (χ0v) is 16.7. The van der Waals surface area contributed by atoms with Gasteiger partial charge in [-0.15, -0.1) is 10.2 Å². The molecule has 29 heavy (non-hydrogen) atoms. The lowest BCUT2D eigenvalue weighted by Crippen LogP contribution is -2.39. The summed E-state index contributed by atoms with van der Waals surface area (Å²) in [6.07, 6.45) is 2.22. The highest BCUT2D eigenvalue weighted by Crippen LogP contribution is 2.34. The molecule has 4 heterocycles. The van der Waals surface area contributed by atoms with E-state index in [9.17, 15) is 9.90 Å². The highest BCUT2D eigenvalue weighted by molar-refractivity contribution is 5.97. The first-order chi connectivity index (χ1) is 14.0. The fraction of sp³-hybridized carbons (Fsp3) is 0.476.